The molecule has 3 rings (SSSR count). The quantitative estimate of drug-likeness (QED) is 0.886. The zero-order valence-electron chi connectivity index (χ0n) is 11.7. The Labute approximate surface area is 132 Å². The van der Waals surface area contributed by atoms with Crippen LogP contribution in [0.25, 0.3) is 10.2 Å². The predicted molar refractivity (Wildman–Crippen MR) is 87.8 cm³/mol. The van der Waals surface area contributed by atoms with Crippen molar-refractivity contribution in [2.45, 2.75) is 24.9 Å². The number of carbonyl (C=O) groups is 1. The summed E-state index contributed by atoms with van der Waals surface area (Å²) in [7, 11) is 0. The van der Waals surface area contributed by atoms with Crippen molar-refractivity contribution in [2.75, 3.05) is 18.1 Å². The van der Waals surface area contributed by atoms with Crippen LogP contribution in [0.15, 0.2) is 24.3 Å². The Balaban J connectivity index is 1.49. The van der Waals surface area contributed by atoms with Gasteiger partial charge in [-0.25, -0.2) is 4.98 Å². The molecule has 1 aliphatic heterocycles. The van der Waals surface area contributed by atoms with E-state index in [1.165, 1.54) is 0 Å². The van der Waals surface area contributed by atoms with Crippen LogP contribution in [0, 0.1) is 0 Å². The summed E-state index contributed by atoms with van der Waals surface area (Å²) in [6.45, 7) is 0.360. The van der Waals surface area contributed by atoms with E-state index in [1.54, 1.807) is 23.1 Å². The van der Waals surface area contributed by atoms with Crippen LogP contribution in [0.5, 0.6) is 0 Å². The number of rotatable bonds is 5. The molecule has 0 aliphatic carbocycles. The summed E-state index contributed by atoms with van der Waals surface area (Å²) in [5, 5.41) is 14.0. The Hall–Kier alpha value is -1.11. The first-order valence-electron chi connectivity index (χ1n) is 7.06. The SMILES string of the molecule is O=C(CCc1nc2ccccc2s1)NCC1(O)CCSC1. The maximum Gasteiger partial charge on any atom is 0.220 e. The van der Waals surface area contributed by atoms with E-state index in [9.17, 15) is 9.90 Å². The van der Waals surface area contributed by atoms with Crippen molar-refractivity contribution < 1.29 is 9.90 Å². The van der Waals surface area contributed by atoms with Crippen LogP contribution < -0.4 is 5.32 Å². The summed E-state index contributed by atoms with van der Waals surface area (Å²) in [6, 6.07) is 8.00. The number of nitrogens with zero attached hydrogens (tertiary/aromatic N) is 1. The second kappa shape index (κ2) is 6.34. The summed E-state index contributed by atoms with van der Waals surface area (Å²) >= 11 is 3.37. The number of thioether (sulfide) groups is 1. The molecule has 1 aromatic carbocycles. The third-order valence-electron chi connectivity index (χ3n) is 3.60. The topological polar surface area (TPSA) is 62.2 Å². The lowest BCUT2D eigenvalue weighted by molar-refractivity contribution is -0.122. The highest BCUT2D eigenvalue weighted by Gasteiger charge is 2.31. The number of aryl methyl sites for hydroxylation is 1. The Kier molecular flexibility index (Phi) is 4.47. The first kappa shape index (κ1) is 14.8. The molecule has 2 aromatic rings. The van der Waals surface area contributed by atoms with Gasteiger partial charge in [-0.15, -0.1) is 11.3 Å². The van der Waals surface area contributed by atoms with Gasteiger partial charge in [-0.3, -0.25) is 4.79 Å². The van der Waals surface area contributed by atoms with Gasteiger partial charge in [-0.1, -0.05) is 12.1 Å². The Morgan fingerprint density at radius 3 is 3.05 bits per heavy atom. The van der Waals surface area contributed by atoms with Crippen molar-refractivity contribution in [3.05, 3.63) is 29.3 Å². The van der Waals surface area contributed by atoms with Crippen molar-refractivity contribution in [3.8, 4) is 0 Å². The molecule has 1 amide bonds. The third-order valence-corrected chi connectivity index (χ3v) is 5.93. The molecule has 1 aliphatic rings. The fourth-order valence-corrected chi connectivity index (χ4v) is 4.60. The third kappa shape index (κ3) is 3.75. The van der Waals surface area contributed by atoms with Gasteiger partial charge in [0, 0.05) is 25.1 Å². The van der Waals surface area contributed by atoms with Gasteiger partial charge in [-0.05, 0) is 24.3 Å². The average molecular weight is 322 g/mol. The molecule has 0 radical (unpaired) electrons. The number of thiazole rings is 1. The lowest BCUT2D eigenvalue weighted by atomic mass is 10.0. The Bertz CT molecular complexity index is 602. The summed E-state index contributed by atoms with van der Waals surface area (Å²) in [6.07, 6.45) is 1.83. The molecule has 0 bridgehead atoms. The number of fused-ring (bicyclic) bond motifs is 1. The number of aliphatic hydroxyl groups is 1. The number of nitrogens with one attached hydrogen (secondary N) is 1. The lowest BCUT2D eigenvalue weighted by Crippen LogP contribution is -2.43. The molecule has 2 heterocycles. The van der Waals surface area contributed by atoms with E-state index in [1.807, 2.05) is 24.3 Å². The Morgan fingerprint density at radius 2 is 2.29 bits per heavy atom. The normalized spacial score (nSPS) is 21.8. The molecule has 1 saturated heterocycles. The number of amides is 1. The first-order valence-corrected chi connectivity index (χ1v) is 9.03. The molecule has 6 heteroatoms. The fourth-order valence-electron chi connectivity index (χ4n) is 2.33. The largest absolute Gasteiger partial charge is 0.387 e. The molecule has 2 N–H and O–H groups in total. The van der Waals surface area contributed by atoms with Crippen molar-refractivity contribution in [1.29, 1.82) is 0 Å². The van der Waals surface area contributed by atoms with Crippen molar-refractivity contribution in [2.24, 2.45) is 0 Å². The fraction of sp³-hybridized carbons (Fsp3) is 0.467. The zero-order valence-corrected chi connectivity index (χ0v) is 13.3. The van der Waals surface area contributed by atoms with Gasteiger partial charge in [0.1, 0.15) is 0 Å². The number of aromatic nitrogens is 1. The standard InChI is InChI=1S/C15H18N2O2S2/c18-13(16-9-15(19)7-8-20-10-15)5-6-14-17-11-3-1-2-4-12(11)21-14/h1-4,19H,5-10H2,(H,16,18). The second-order valence-electron chi connectivity index (χ2n) is 5.38. The minimum Gasteiger partial charge on any atom is -0.387 e. The smallest absolute Gasteiger partial charge is 0.220 e. The van der Waals surface area contributed by atoms with Crippen LogP contribution in [-0.4, -0.2) is 39.6 Å². The second-order valence-corrected chi connectivity index (χ2v) is 7.60. The molecule has 0 saturated carbocycles. The number of hydrogen-bond acceptors (Lipinski definition) is 5. The molecule has 112 valence electrons. The molecule has 1 unspecified atom stereocenters. The number of para-hydroxylation sites is 1. The first-order chi connectivity index (χ1) is 10.1. The van der Waals surface area contributed by atoms with E-state index < -0.39 is 5.60 Å². The summed E-state index contributed by atoms with van der Waals surface area (Å²) in [4.78, 5) is 16.4. The van der Waals surface area contributed by atoms with Crippen molar-refractivity contribution in [3.63, 3.8) is 0 Å². The maximum atomic E-state index is 11.9. The molecule has 1 atom stereocenters. The number of hydrogen-bond donors (Lipinski definition) is 2. The van der Waals surface area contributed by atoms with E-state index in [-0.39, 0.29) is 5.91 Å². The highest BCUT2D eigenvalue weighted by molar-refractivity contribution is 7.99. The molecule has 21 heavy (non-hydrogen) atoms. The minimum atomic E-state index is -0.712. The maximum absolute atomic E-state index is 11.9. The van der Waals surface area contributed by atoms with Gasteiger partial charge >= 0.3 is 0 Å². The van der Waals surface area contributed by atoms with Gasteiger partial charge in [0.25, 0.3) is 0 Å². The van der Waals surface area contributed by atoms with Crippen LogP contribution in [0.3, 0.4) is 0 Å². The number of carbonyl (C=O) groups excluding carboxylic acids is 1. The highest BCUT2D eigenvalue weighted by Crippen LogP contribution is 2.27. The summed E-state index contributed by atoms with van der Waals surface area (Å²) in [5.41, 5.74) is 0.283. The average Bonchev–Trinajstić information content (AvgIpc) is 3.09. The predicted octanol–water partition coefficient (Wildman–Crippen LogP) is 2.21. The molecule has 0 spiro atoms. The highest BCUT2D eigenvalue weighted by atomic mass is 32.2. The van der Waals surface area contributed by atoms with Crippen LogP contribution >= 0.6 is 23.1 Å². The molecule has 1 aromatic heterocycles. The van der Waals surface area contributed by atoms with Crippen molar-refractivity contribution in [1.82, 2.24) is 10.3 Å². The van der Waals surface area contributed by atoms with Gasteiger partial charge < -0.3 is 10.4 Å². The van der Waals surface area contributed by atoms with E-state index in [0.717, 1.165) is 27.4 Å². The van der Waals surface area contributed by atoms with Gasteiger partial charge in [0.05, 0.1) is 20.8 Å². The Morgan fingerprint density at radius 1 is 1.43 bits per heavy atom. The summed E-state index contributed by atoms with van der Waals surface area (Å²) in [5.74, 6) is 1.67. The summed E-state index contributed by atoms with van der Waals surface area (Å²) < 4.78 is 1.16. The number of benzene rings is 1. The van der Waals surface area contributed by atoms with Crippen molar-refractivity contribution >= 4 is 39.2 Å². The van der Waals surface area contributed by atoms with Gasteiger partial charge in [-0.2, -0.15) is 11.8 Å². The van der Waals surface area contributed by atoms with E-state index in [0.29, 0.717) is 25.1 Å². The zero-order chi connectivity index (χ0) is 14.7. The van der Waals surface area contributed by atoms with Crippen LogP contribution in [0.1, 0.15) is 17.8 Å². The molecular weight excluding hydrogens is 304 g/mol. The minimum absolute atomic E-state index is 0.0143. The monoisotopic (exact) mass is 322 g/mol. The van der Waals surface area contributed by atoms with Crippen LogP contribution in [0.4, 0.5) is 0 Å². The lowest BCUT2D eigenvalue weighted by Gasteiger charge is -2.21. The van der Waals surface area contributed by atoms with E-state index in [4.69, 9.17) is 0 Å². The van der Waals surface area contributed by atoms with Gasteiger partial charge in [0.2, 0.25) is 5.91 Å². The molecular formula is C15H18N2O2S2. The molecule has 1 fully saturated rings. The van der Waals surface area contributed by atoms with E-state index >= 15 is 0 Å². The van der Waals surface area contributed by atoms with E-state index in [2.05, 4.69) is 10.3 Å². The van der Waals surface area contributed by atoms with Gasteiger partial charge in [0.15, 0.2) is 0 Å². The van der Waals surface area contributed by atoms with Crippen LogP contribution in [0.2, 0.25) is 0 Å². The van der Waals surface area contributed by atoms with Crippen LogP contribution in [-0.2, 0) is 11.2 Å². The molecule has 4 nitrogen and oxygen atoms in total.